The lowest BCUT2D eigenvalue weighted by atomic mass is 10.2. The molecule has 0 spiro atoms. The van der Waals surface area contributed by atoms with Crippen molar-refractivity contribution in [2.24, 2.45) is 0 Å². The Labute approximate surface area is 166 Å². The predicted octanol–water partition coefficient (Wildman–Crippen LogP) is 2.07. The molecule has 9 nitrogen and oxygen atoms in total. The minimum Gasteiger partial charge on any atom is -0.493 e. The number of methoxy groups -OCH3 is 2. The molecule has 0 saturated carbocycles. The molecule has 1 atom stereocenters. The summed E-state index contributed by atoms with van der Waals surface area (Å²) in [5, 5.41) is 10.7. The van der Waals surface area contributed by atoms with Gasteiger partial charge in [-0.05, 0) is 25.3 Å². The van der Waals surface area contributed by atoms with Crippen molar-refractivity contribution in [3.63, 3.8) is 0 Å². The summed E-state index contributed by atoms with van der Waals surface area (Å²) < 4.78 is 36.9. The van der Waals surface area contributed by atoms with Crippen LogP contribution < -0.4 is 19.1 Å². The first kappa shape index (κ1) is 21.3. The fourth-order valence-electron chi connectivity index (χ4n) is 2.32. The van der Waals surface area contributed by atoms with Crippen molar-refractivity contribution >= 4 is 49.8 Å². The third kappa shape index (κ3) is 5.02. The van der Waals surface area contributed by atoms with Crippen molar-refractivity contribution in [2.75, 3.05) is 36.4 Å². The highest BCUT2D eigenvalue weighted by Crippen LogP contribution is 2.33. The average Bonchev–Trinajstić information content (AvgIpc) is 3.07. The van der Waals surface area contributed by atoms with Crippen LogP contribution in [0.25, 0.3) is 0 Å². The molecule has 0 saturated heterocycles. The van der Waals surface area contributed by atoms with Gasteiger partial charge in [-0.2, -0.15) is 0 Å². The Hall–Kier alpha value is -2.05. The highest BCUT2D eigenvalue weighted by Gasteiger charge is 2.30. The number of thioether (sulfide) groups is 1. The van der Waals surface area contributed by atoms with Gasteiger partial charge in [0.15, 0.2) is 15.8 Å². The van der Waals surface area contributed by atoms with Crippen LogP contribution in [0, 0.1) is 0 Å². The molecule has 2 rings (SSSR count). The van der Waals surface area contributed by atoms with Gasteiger partial charge in [0.2, 0.25) is 21.1 Å². The van der Waals surface area contributed by atoms with E-state index >= 15 is 0 Å². The van der Waals surface area contributed by atoms with Gasteiger partial charge in [-0.15, -0.1) is 10.2 Å². The summed E-state index contributed by atoms with van der Waals surface area (Å²) in [5.74, 6) is 0.272. The predicted molar refractivity (Wildman–Crippen MR) is 107 cm³/mol. The Balaban J connectivity index is 2.34. The Kier molecular flexibility index (Phi) is 6.89. The Morgan fingerprint density at radius 2 is 1.93 bits per heavy atom. The molecule has 1 heterocycles. The van der Waals surface area contributed by atoms with Crippen molar-refractivity contribution < 1.29 is 22.7 Å². The van der Waals surface area contributed by atoms with E-state index in [0.717, 1.165) is 10.6 Å². The van der Waals surface area contributed by atoms with Crippen LogP contribution in [0.5, 0.6) is 11.5 Å². The normalized spacial score (nSPS) is 12.3. The summed E-state index contributed by atoms with van der Waals surface area (Å²) in [7, 11) is -0.834. The zero-order valence-corrected chi connectivity index (χ0v) is 17.9. The number of nitrogens with one attached hydrogen (secondary N) is 1. The van der Waals surface area contributed by atoms with Gasteiger partial charge in [0, 0.05) is 6.07 Å². The standard InChI is InChI=1S/C15H20N4O5S3/c1-9(13(20)16-14-17-18-15(25-4)26-14)19(27(5,21)22)10-6-7-11(23-2)12(8-10)24-3/h6-9H,1-5H3,(H,16,17,20)/t9-/m1/s1. The van der Waals surface area contributed by atoms with Crippen LogP contribution in [0.15, 0.2) is 22.5 Å². The third-order valence-electron chi connectivity index (χ3n) is 3.52. The molecule has 0 bridgehead atoms. The molecule has 0 fully saturated rings. The first-order valence-corrected chi connectivity index (χ1v) is 11.5. The van der Waals surface area contributed by atoms with E-state index in [-0.39, 0.29) is 5.69 Å². The molecule has 0 aliphatic rings. The van der Waals surface area contributed by atoms with Crippen molar-refractivity contribution in [1.82, 2.24) is 10.2 Å². The Morgan fingerprint density at radius 1 is 1.26 bits per heavy atom. The summed E-state index contributed by atoms with van der Waals surface area (Å²) in [6.45, 7) is 1.49. The summed E-state index contributed by atoms with van der Waals surface area (Å²) in [6.07, 6.45) is 2.88. The molecule has 27 heavy (non-hydrogen) atoms. The molecular formula is C15H20N4O5S3. The van der Waals surface area contributed by atoms with Crippen LogP contribution in [0.1, 0.15) is 6.92 Å². The number of anilines is 2. The molecular weight excluding hydrogens is 412 g/mol. The molecule has 2 aromatic rings. The largest absolute Gasteiger partial charge is 0.493 e. The van der Waals surface area contributed by atoms with Crippen LogP contribution in [-0.4, -0.2) is 57.3 Å². The number of ether oxygens (including phenoxy) is 2. The second kappa shape index (κ2) is 8.76. The lowest BCUT2D eigenvalue weighted by Gasteiger charge is -2.28. The van der Waals surface area contributed by atoms with E-state index in [0.29, 0.717) is 21.0 Å². The van der Waals surface area contributed by atoms with Gasteiger partial charge in [0.05, 0.1) is 26.2 Å². The Morgan fingerprint density at radius 3 is 2.44 bits per heavy atom. The van der Waals surface area contributed by atoms with Gasteiger partial charge in [0.25, 0.3) is 0 Å². The SMILES string of the molecule is COc1ccc(N([C@H](C)C(=O)Nc2nnc(SC)s2)S(C)(=O)=O)cc1OC. The highest BCUT2D eigenvalue weighted by atomic mass is 32.2. The molecule has 0 radical (unpaired) electrons. The van der Waals surface area contributed by atoms with Crippen LogP contribution in [-0.2, 0) is 14.8 Å². The van der Waals surface area contributed by atoms with Gasteiger partial charge >= 0.3 is 0 Å². The maximum absolute atomic E-state index is 12.6. The lowest BCUT2D eigenvalue weighted by Crippen LogP contribution is -2.45. The van der Waals surface area contributed by atoms with Crippen LogP contribution in [0.2, 0.25) is 0 Å². The zero-order chi connectivity index (χ0) is 20.2. The number of carbonyl (C=O) groups excluding carboxylic acids is 1. The van der Waals surface area contributed by atoms with E-state index in [2.05, 4.69) is 15.5 Å². The Bertz CT molecular complexity index is 916. The summed E-state index contributed by atoms with van der Waals surface area (Å²) in [5.41, 5.74) is 0.278. The topological polar surface area (TPSA) is 111 Å². The van der Waals surface area contributed by atoms with Crippen molar-refractivity contribution in [3.05, 3.63) is 18.2 Å². The van der Waals surface area contributed by atoms with E-state index in [9.17, 15) is 13.2 Å². The maximum atomic E-state index is 12.6. The van der Waals surface area contributed by atoms with Crippen molar-refractivity contribution in [1.29, 1.82) is 0 Å². The number of carbonyl (C=O) groups is 1. The van der Waals surface area contributed by atoms with Gasteiger partial charge in [-0.25, -0.2) is 8.42 Å². The van der Waals surface area contributed by atoms with Gasteiger partial charge in [-0.3, -0.25) is 14.4 Å². The number of rotatable bonds is 8. The number of hydrogen-bond donors (Lipinski definition) is 1. The first-order chi connectivity index (χ1) is 12.7. The minimum absolute atomic E-state index is 0.278. The zero-order valence-electron chi connectivity index (χ0n) is 15.4. The second-order valence-corrected chi connectivity index (χ2v) is 9.23. The quantitative estimate of drug-likeness (QED) is 0.499. The number of benzene rings is 1. The third-order valence-corrected chi connectivity index (χ3v) is 6.58. The molecule has 148 valence electrons. The fourth-order valence-corrected chi connectivity index (χ4v) is 4.66. The smallest absolute Gasteiger partial charge is 0.249 e. The number of sulfonamides is 1. The molecule has 12 heteroatoms. The fraction of sp³-hybridized carbons (Fsp3) is 0.400. The number of aromatic nitrogens is 2. The van der Waals surface area contributed by atoms with Crippen molar-refractivity contribution in [2.45, 2.75) is 17.3 Å². The lowest BCUT2D eigenvalue weighted by molar-refractivity contribution is -0.116. The number of amides is 1. The molecule has 1 aromatic carbocycles. The molecule has 1 N–H and O–H groups in total. The van der Waals surface area contributed by atoms with E-state index in [1.807, 2.05) is 6.26 Å². The summed E-state index contributed by atoms with van der Waals surface area (Å²) in [6, 6.07) is 3.59. The summed E-state index contributed by atoms with van der Waals surface area (Å²) in [4.78, 5) is 12.6. The van der Waals surface area contributed by atoms with E-state index in [1.165, 1.54) is 50.3 Å². The number of nitrogens with zero attached hydrogens (tertiary/aromatic N) is 3. The highest BCUT2D eigenvalue weighted by molar-refractivity contribution is 8.00. The summed E-state index contributed by atoms with van der Waals surface area (Å²) >= 11 is 2.61. The molecule has 0 unspecified atom stereocenters. The van der Waals surface area contributed by atoms with E-state index in [4.69, 9.17) is 9.47 Å². The van der Waals surface area contributed by atoms with Gasteiger partial charge in [-0.1, -0.05) is 23.1 Å². The molecule has 0 aliphatic carbocycles. The van der Waals surface area contributed by atoms with Gasteiger partial charge in [0.1, 0.15) is 6.04 Å². The maximum Gasteiger partial charge on any atom is 0.249 e. The molecule has 1 aromatic heterocycles. The van der Waals surface area contributed by atoms with Crippen LogP contribution >= 0.6 is 23.1 Å². The first-order valence-electron chi connectivity index (χ1n) is 7.61. The second-order valence-electron chi connectivity index (χ2n) is 5.34. The minimum atomic E-state index is -3.76. The molecule has 0 aliphatic heterocycles. The monoisotopic (exact) mass is 432 g/mol. The van der Waals surface area contributed by atoms with E-state index in [1.54, 1.807) is 12.1 Å². The average molecular weight is 433 g/mol. The van der Waals surface area contributed by atoms with Crippen LogP contribution in [0.3, 0.4) is 0 Å². The van der Waals surface area contributed by atoms with E-state index < -0.39 is 22.0 Å². The van der Waals surface area contributed by atoms with Crippen molar-refractivity contribution in [3.8, 4) is 11.5 Å². The van der Waals surface area contributed by atoms with Crippen LogP contribution in [0.4, 0.5) is 10.8 Å². The number of hydrogen-bond acceptors (Lipinski definition) is 9. The van der Waals surface area contributed by atoms with Gasteiger partial charge < -0.3 is 9.47 Å². The molecule has 1 amide bonds.